The molecule has 100 valence electrons. The van der Waals surface area contributed by atoms with E-state index in [-0.39, 0.29) is 36.2 Å². The SMILES string of the molecule is CC(C)C(=O)NCCNC(=O)C1CSCN1.Cl. The molecule has 1 unspecified atom stereocenters. The van der Waals surface area contributed by atoms with Crippen molar-refractivity contribution in [1.29, 1.82) is 0 Å². The van der Waals surface area contributed by atoms with Gasteiger partial charge in [0.2, 0.25) is 11.8 Å². The summed E-state index contributed by atoms with van der Waals surface area (Å²) in [6.07, 6.45) is 0. The van der Waals surface area contributed by atoms with Crippen LogP contribution >= 0.6 is 24.2 Å². The van der Waals surface area contributed by atoms with Crippen LogP contribution in [0.2, 0.25) is 0 Å². The Morgan fingerprint density at radius 2 is 2.00 bits per heavy atom. The molecule has 5 nitrogen and oxygen atoms in total. The molecule has 0 aliphatic carbocycles. The minimum absolute atomic E-state index is 0. The fourth-order valence-corrected chi connectivity index (χ4v) is 2.20. The Hall–Kier alpha value is -0.460. The second-order valence-corrected chi connectivity index (χ2v) is 5.04. The molecular formula is C10H20ClN3O2S. The molecule has 1 fully saturated rings. The van der Waals surface area contributed by atoms with E-state index in [4.69, 9.17) is 0 Å². The van der Waals surface area contributed by atoms with Crippen molar-refractivity contribution in [3.63, 3.8) is 0 Å². The van der Waals surface area contributed by atoms with Crippen LogP contribution in [-0.2, 0) is 9.59 Å². The molecule has 1 heterocycles. The molecular weight excluding hydrogens is 262 g/mol. The molecule has 1 aliphatic rings. The molecule has 0 aromatic carbocycles. The van der Waals surface area contributed by atoms with E-state index in [0.717, 1.165) is 11.6 Å². The highest BCUT2D eigenvalue weighted by atomic mass is 35.5. The molecule has 0 spiro atoms. The third-order valence-electron chi connectivity index (χ3n) is 2.28. The molecule has 0 saturated carbocycles. The van der Waals surface area contributed by atoms with Crippen LogP contribution in [-0.4, -0.2) is 42.6 Å². The van der Waals surface area contributed by atoms with Crippen molar-refractivity contribution in [3.05, 3.63) is 0 Å². The van der Waals surface area contributed by atoms with Gasteiger partial charge in [-0.05, 0) is 0 Å². The first-order valence-corrected chi connectivity index (χ1v) is 6.63. The number of nitrogens with one attached hydrogen (secondary N) is 3. The molecule has 2 amide bonds. The molecule has 1 rings (SSSR count). The molecule has 7 heteroatoms. The van der Waals surface area contributed by atoms with Gasteiger partial charge in [0.05, 0.1) is 6.04 Å². The maximum atomic E-state index is 11.5. The van der Waals surface area contributed by atoms with Crippen LogP contribution < -0.4 is 16.0 Å². The van der Waals surface area contributed by atoms with Crippen molar-refractivity contribution in [2.75, 3.05) is 24.7 Å². The summed E-state index contributed by atoms with van der Waals surface area (Å²) in [4.78, 5) is 22.7. The smallest absolute Gasteiger partial charge is 0.238 e. The topological polar surface area (TPSA) is 70.2 Å². The Bertz CT molecular complexity index is 258. The first-order valence-electron chi connectivity index (χ1n) is 5.48. The van der Waals surface area contributed by atoms with Crippen molar-refractivity contribution in [1.82, 2.24) is 16.0 Å². The van der Waals surface area contributed by atoms with Gasteiger partial charge in [0.15, 0.2) is 0 Å². The number of amides is 2. The van der Waals surface area contributed by atoms with Crippen LogP contribution in [0.25, 0.3) is 0 Å². The lowest BCUT2D eigenvalue weighted by Crippen LogP contribution is -2.44. The van der Waals surface area contributed by atoms with E-state index in [2.05, 4.69) is 16.0 Å². The maximum Gasteiger partial charge on any atom is 0.238 e. The zero-order chi connectivity index (χ0) is 12.0. The molecule has 0 aromatic heterocycles. The van der Waals surface area contributed by atoms with Gasteiger partial charge in [-0.15, -0.1) is 24.2 Å². The van der Waals surface area contributed by atoms with Gasteiger partial charge >= 0.3 is 0 Å². The predicted octanol–water partition coefficient (Wildman–Crippen LogP) is -0.0409. The van der Waals surface area contributed by atoms with Gasteiger partial charge in [-0.25, -0.2) is 0 Å². The van der Waals surface area contributed by atoms with Gasteiger partial charge in [-0.1, -0.05) is 13.8 Å². The zero-order valence-corrected chi connectivity index (χ0v) is 11.7. The monoisotopic (exact) mass is 281 g/mol. The molecule has 1 aliphatic heterocycles. The minimum Gasteiger partial charge on any atom is -0.354 e. The lowest BCUT2D eigenvalue weighted by atomic mass is 10.2. The van der Waals surface area contributed by atoms with Gasteiger partial charge in [-0.3, -0.25) is 14.9 Å². The Morgan fingerprint density at radius 3 is 2.53 bits per heavy atom. The minimum atomic E-state index is -0.0780. The van der Waals surface area contributed by atoms with Gasteiger partial charge in [-0.2, -0.15) is 0 Å². The lowest BCUT2D eigenvalue weighted by molar-refractivity contribution is -0.125. The zero-order valence-electron chi connectivity index (χ0n) is 10.1. The summed E-state index contributed by atoms with van der Waals surface area (Å²) in [5, 5.41) is 8.63. The second-order valence-electron chi connectivity index (χ2n) is 4.01. The number of carbonyl (C=O) groups is 2. The fourth-order valence-electron chi connectivity index (χ4n) is 1.26. The van der Waals surface area contributed by atoms with Gasteiger partial charge < -0.3 is 10.6 Å². The van der Waals surface area contributed by atoms with E-state index in [1.165, 1.54) is 0 Å². The van der Waals surface area contributed by atoms with Gasteiger partial charge in [0, 0.05) is 30.6 Å². The first-order chi connectivity index (χ1) is 7.61. The Morgan fingerprint density at radius 1 is 1.35 bits per heavy atom. The quantitative estimate of drug-likeness (QED) is 0.619. The number of hydrogen-bond donors (Lipinski definition) is 3. The van der Waals surface area contributed by atoms with Crippen LogP contribution in [0, 0.1) is 5.92 Å². The summed E-state index contributed by atoms with van der Waals surface area (Å²) < 4.78 is 0. The number of rotatable bonds is 5. The third kappa shape index (κ3) is 6.14. The van der Waals surface area contributed by atoms with Crippen LogP contribution in [0.15, 0.2) is 0 Å². The normalized spacial score (nSPS) is 18.6. The lowest BCUT2D eigenvalue weighted by Gasteiger charge is -2.11. The average molecular weight is 282 g/mol. The van der Waals surface area contributed by atoms with Gasteiger partial charge in [0.1, 0.15) is 0 Å². The van der Waals surface area contributed by atoms with Crippen LogP contribution in [0.4, 0.5) is 0 Å². The predicted molar refractivity (Wildman–Crippen MR) is 72.4 cm³/mol. The first kappa shape index (κ1) is 16.5. The summed E-state index contributed by atoms with van der Waals surface area (Å²) in [5.74, 6) is 1.68. The van der Waals surface area contributed by atoms with E-state index >= 15 is 0 Å². The van der Waals surface area contributed by atoms with E-state index in [1.54, 1.807) is 11.8 Å². The highest BCUT2D eigenvalue weighted by Crippen LogP contribution is 2.08. The van der Waals surface area contributed by atoms with Crippen molar-refractivity contribution in [3.8, 4) is 0 Å². The second kappa shape index (κ2) is 8.60. The molecule has 1 atom stereocenters. The van der Waals surface area contributed by atoms with Crippen molar-refractivity contribution < 1.29 is 9.59 Å². The number of carbonyl (C=O) groups excluding carboxylic acids is 2. The Kier molecular flexibility index (Phi) is 8.37. The summed E-state index contributed by atoms with van der Waals surface area (Å²) in [5.41, 5.74) is 0. The maximum absolute atomic E-state index is 11.5. The summed E-state index contributed by atoms with van der Waals surface area (Å²) in [6.45, 7) is 4.66. The number of halogens is 1. The summed E-state index contributed by atoms with van der Waals surface area (Å²) >= 11 is 1.72. The van der Waals surface area contributed by atoms with E-state index in [9.17, 15) is 9.59 Å². The molecule has 17 heavy (non-hydrogen) atoms. The number of hydrogen-bond acceptors (Lipinski definition) is 4. The van der Waals surface area contributed by atoms with E-state index < -0.39 is 0 Å². The molecule has 0 aromatic rings. The van der Waals surface area contributed by atoms with Crippen LogP contribution in [0.1, 0.15) is 13.8 Å². The van der Waals surface area contributed by atoms with E-state index in [1.807, 2.05) is 13.8 Å². The van der Waals surface area contributed by atoms with Crippen LogP contribution in [0.3, 0.4) is 0 Å². The number of thioether (sulfide) groups is 1. The van der Waals surface area contributed by atoms with Crippen molar-refractivity contribution >= 4 is 36.0 Å². The van der Waals surface area contributed by atoms with Crippen molar-refractivity contribution in [2.24, 2.45) is 5.92 Å². The molecule has 3 N–H and O–H groups in total. The standard InChI is InChI=1S/C10H19N3O2S.ClH/c1-7(2)9(14)11-3-4-12-10(15)8-5-16-6-13-8;/h7-8,13H,3-6H2,1-2H3,(H,11,14)(H,12,15);1H. The van der Waals surface area contributed by atoms with E-state index in [0.29, 0.717) is 13.1 Å². The third-order valence-corrected chi connectivity index (χ3v) is 3.22. The molecule has 0 radical (unpaired) electrons. The fraction of sp³-hybridized carbons (Fsp3) is 0.800. The Balaban J connectivity index is 0.00000256. The van der Waals surface area contributed by atoms with Crippen LogP contribution in [0.5, 0.6) is 0 Å². The summed E-state index contributed by atoms with van der Waals surface area (Å²) in [6, 6.07) is -0.0780. The highest BCUT2D eigenvalue weighted by Gasteiger charge is 2.21. The molecule has 0 bridgehead atoms. The Labute approximate surface area is 112 Å². The largest absolute Gasteiger partial charge is 0.354 e. The molecule has 1 saturated heterocycles. The average Bonchev–Trinajstić information content (AvgIpc) is 2.76. The highest BCUT2D eigenvalue weighted by molar-refractivity contribution is 7.99. The van der Waals surface area contributed by atoms with Crippen molar-refractivity contribution in [2.45, 2.75) is 19.9 Å². The summed E-state index contributed by atoms with van der Waals surface area (Å²) in [7, 11) is 0. The van der Waals surface area contributed by atoms with Gasteiger partial charge in [0.25, 0.3) is 0 Å².